The summed E-state index contributed by atoms with van der Waals surface area (Å²) in [6.45, 7) is 2.25. The van der Waals surface area contributed by atoms with Crippen molar-refractivity contribution < 1.29 is 0 Å². The molecule has 0 saturated heterocycles. The molecule has 0 aromatic heterocycles. The van der Waals surface area contributed by atoms with Crippen LogP contribution in [0.2, 0.25) is 0 Å². The third kappa shape index (κ3) is 1.93. The molecule has 0 aromatic rings. The molecular weight excluding hydrogens is 156 g/mol. The first-order chi connectivity index (χ1) is 6.40. The summed E-state index contributed by atoms with van der Waals surface area (Å²) in [6, 6.07) is 0. The van der Waals surface area contributed by atoms with Gasteiger partial charge in [-0.2, -0.15) is 0 Å². The van der Waals surface area contributed by atoms with E-state index in [1.165, 1.54) is 19.3 Å². The molecular formula is C13H18. The van der Waals surface area contributed by atoms with Gasteiger partial charge in [0.05, 0.1) is 0 Å². The smallest absolute Gasteiger partial charge is 0.000969 e. The summed E-state index contributed by atoms with van der Waals surface area (Å²) in [5.41, 5.74) is 0. The topological polar surface area (TPSA) is 0 Å². The molecule has 3 unspecified atom stereocenters. The first-order valence-electron chi connectivity index (χ1n) is 5.43. The van der Waals surface area contributed by atoms with Crippen LogP contribution in [0.4, 0.5) is 0 Å². The quantitative estimate of drug-likeness (QED) is 0.531. The molecule has 0 fully saturated rings. The molecule has 0 bridgehead atoms. The summed E-state index contributed by atoms with van der Waals surface area (Å²) in [6.07, 6.45) is 18.1. The molecule has 2 aliphatic carbocycles. The van der Waals surface area contributed by atoms with Gasteiger partial charge in [0.15, 0.2) is 0 Å². The zero-order valence-corrected chi connectivity index (χ0v) is 8.32. The van der Waals surface area contributed by atoms with Crippen molar-refractivity contribution in [2.75, 3.05) is 0 Å². The van der Waals surface area contributed by atoms with Crippen molar-refractivity contribution in [1.29, 1.82) is 0 Å². The van der Waals surface area contributed by atoms with Gasteiger partial charge in [-0.3, -0.25) is 0 Å². The average Bonchev–Trinajstić information content (AvgIpc) is 2.39. The molecule has 0 aliphatic heterocycles. The van der Waals surface area contributed by atoms with E-state index in [-0.39, 0.29) is 0 Å². The second-order valence-electron chi connectivity index (χ2n) is 4.09. The van der Waals surface area contributed by atoms with E-state index in [0.717, 1.165) is 5.92 Å². The van der Waals surface area contributed by atoms with Gasteiger partial charge in [0.2, 0.25) is 0 Å². The molecule has 0 aromatic carbocycles. The summed E-state index contributed by atoms with van der Waals surface area (Å²) in [5, 5.41) is 0. The van der Waals surface area contributed by atoms with Crippen LogP contribution in [0.15, 0.2) is 36.5 Å². The van der Waals surface area contributed by atoms with Crippen molar-refractivity contribution >= 4 is 0 Å². The molecule has 0 spiro atoms. The van der Waals surface area contributed by atoms with Gasteiger partial charge in [-0.05, 0) is 31.1 Å². The monoisotopic (exact) mass is 174 g/mol. The molecule has 0 heteroatoms. The fourth-order valence-corrected chi connectivity index (χ4v) is 2.20. The van der Waals surface area contributed by atoms with Crippen LogP contribution in [0.5, 0.6) is 0 Å². The Bertz CT molecular complexity index is 245. The predicted molar refractivity (Wildman–Crippen MR) is 57.4 cm³/mol. The number of allylic oxidation sites excluding steroid dienone is 6. The van der Waals surface area contributed by atoms with E-state index >= 15 is 0 Å². The lowest BCUT2D eigenvalue weighted by Gasteiger charge is -2.20. The van der Waals surface area contributed by atoms with Crippen molar-refractivity contribution in [3.05, 3.63) is 36.5 Å². The van der Waals surface area contributed by atoms with Crippen LogP contribution in [0.1, 0.15) is 26.2 Å². The van der Waals surface area contributed by atoms with Crippen molar-refractivity contribution in [3.63, 3.8) is 0 Å². The fourth-order valence-electron chi connectivity index (χ4n) is 2.20. The standard InChI is InChI=1S/C13H18/c1-2-11-7-9-12-5-3-4-6-13(12)10-8-11/h3,5,7-13H,2,4,6H2,1H3. The van der Waals surface area contributed by atoms with Gasteiger partial charge >= 0.3 is 0 Å². The highest BCUT2D eigenvalue weighted by atomic mass is 14.2. The Morgan fingerprint density at radius 3 is 2.77 bits per heavy atom. The van der Waals surface area contributed by atoms with Crippen LogP contribution in [0.3, 0.4) is 0 Å². The summed E-state index contributed by atoms with van der Waals surface area (Å²) in [7, 11) is 0. The molecule has 0 heterocycles. The van der Waals surface area contributed by atoms with Crippen LogP contribution < -0.4 is 0 Å². The SMILES string of the molecule is CCC1C=CC2C=CCCC2C=C1. The van der Waals surface area contributed by atoms with E-state index < -0.39 is 0 Å². The Morgan fingerprint density at radius 2 is 1.92 bits per heavy atom. The zero-order chi connectivity index (χ0) is 9.10. The van der Waals surface area contributed by atoms with E-state index in [0.29, 0.717) is 11.8 Å². The maximum absolute atomic E-state index is 2.43. The summed E-state index contributed by atoms with van der Waals surface area (Å²) < 4.78 is 0. The Kier molecular flexibility index (Phi) is 2.68. The first kappa shape index (κ1) is 8.80. The van der Waals surface area contributed by atoms with Gasteiger partial charge in [-0.25, -0.2) is 0 Å². The van der Waals surface area contributed by atoms with Crippen LogP contribution >= 0.6 is 0 Å². The maximum Gasteiger partial charge on any atom is 0.000969 e. The van der Waals surface area contributed by atoms with Gasteiger partial charge in [0, 0.05) is 5.92 Å². The van der Waals surface area contributed by atoms with Gasteiger partial charge in [0.25, 0.3) is 0 Å². The molecule has 0 saturated carbocycles. The summed E-state index contributed by atoms with van der Waals surface area (Å²) >= 11 is 0. The molecule has 13 heavy (non-hydrogen) atoms. The van der Waals surface area contributed by atoms with Crippen molar-refractivity contribution in [1.82, 2.24) is 0 Å². The van der Waals surface area contributed by atoms with E-state index in [2.05, 4.69) is 43.4 Å². The minimum atomic E-state index is 0.680. The van der Waals surface area contributed by atoms with Crippen LogP contribution in [-0.2, 0) is 0 Å². The Balaban J connectivity index is 2.16. The number of fused-ring (bicyclic) bond motifs is 1. The van der Waals surface area contributed by atoms with Crippen molar-refractivity contribution in [2.24, 2.45) is 17.8 Å². The highest BCUT2D eigenvalue weighted by molar-refractivity contribution is 5.17. The van der Waals surface area contributed by atoms with Gasteiger partial charge in [-0.1, -0.05) is 43.4 Å². The minimum Gasteiger partial charge on any atom is -0.0879 e. The third-order valence-electron chi connectivity index (χ3n) is 3.18. The first-order valence-corrected chi connectivity index (χ1v) is 5.43. The van der Waals surface area contributed by atoms with Gasteiger partial charge in [-0.15, -0.1) is 0 Å². The Hall–Kier alpha value is -0.780. The van der Waals surface area contributed by atoms with E-state index in [1.54, 1.807) is 0 Å². The Labute approximate surface area is 81.0 Å². The summed E-state index contributed by atoms with van der Waals surface area (Å²) in [4.78, 5) is 0. The third-order valence-corrected chi connectivity index (χ3v) is 3.18. The number of rotatable bonds is 1. The highest BCUT2D eigenvalue weighted by Crippen LogP contribution is 2.30. The number of hydrogen-bond acceptors (Lipinski definition) is 0. The normalized spacial score (nSPS) is 37.2. The van der Waals surface area contributed by atoms with Crippen LogP contribution in [0.25, 0.3) is 0 Å². The van der Waals surface area contributed by atoms with Crippen molar-refractivity contribution in [3.8, 4) is 0 Å². The summed E-state index contributed by atoms with van der Waals surface area (Å²) in [5.74, 6) is 2.14. The average molecular weight is 174 g/mol. The van der Waals surface area contributed by atoms with Crippen LogP contribution in [-0.4, -0.2) is 0 Å². The lowest BCUT2D eigenvalue weighted by molar-refractivity contribution is 0.498. The second-order valence-corrected chi connectivity index (χ2v) is 4.09. The highest BCUT2D eigenvalue weighted by Gasteiger charge is 2.18. The number of hydrogen-bond donors (Lipinski definition) is 0. The lowest BCUT2D eigenvalue weighted by atomic mass is 9.84. The van der Waals surface area contributed by atoms with E-state index in [4.69, 9.17) is 0 Å². The molecule has 70 valence electrons. The second kappa shape index (κ2) is 3.95. The predicted octanol–water partition coefficient (Wildman–Crippen LogP) is 3.72. The van der Waals surface area contributed by atoms with Crippen molar-refractivity contribution in [2.45, 2.75) is 26.2 Å². The molecule has 0 radical (unpaired) electrons. The lowest BCUT2D eigenvalue weighted by Crippen LogP contribution is -2.10. The van der Waals surface area contributed by atoms with Gasteiger partial charge < -0.3 is 0 Å². The molecule has 0 amide bonds. The fraction of sp³-hybridized carbons (Fsp3) is 0.538. The minimum absolute atomic E-state index is 0.680. The maximum atomic E-state index is 2.43. The zero-order valence-electron chi connectivity index (χ0n) is 8.32. The largest absolute Gasteiger partial charge is 0.0879 e. The molecule has 0 N–H and O–H groups in total. The molecule has 2 rings (SSSR count). The van der Waals surface area contributed by atoms with E-state index in [9.17, 15) is 0 Å². The Morgan fingerprint density at radius 1 is 1.08 bits per heavy atom. The van der Waals surface area contributed by atoms with E-state index in [1.807, 2.05) is 0 Å². The van der Waals surface area contributed by atoms with Crippen LogP contribution in [0, 0.1) is 17.8 Å². The van der Waals surface area contributed by atoms with Gasteiger partial charge in [0.1, 0.15) is 0 Å². The molecule has 2 aliphatic rings. The molecule has 3 atom stereocenters. The molecule has 0 nitrogen and oxygen atoms in total.